The molecule has 0 unspecified atom stereocenters. The van der Waals surface area contributed by atoms with Crippen LogP contribution in [0.15, 0.2) is 24.3 Å². The lowest BCUT2D eigenvalue weighted by Gasteiger charge is -2.08. The molecule has 16 heavy (non-hydrogen) atoms. The third-order valence-electron chi connectivity index (χ3n) is 2.08. The molecule has 0 bridgehead atoms. The van der Waals surface area contributed by atoms with E-state index in [9.17, 15) is 4.79 Å². The van der Waals surface area contributed by atoms with Crippen molar-refractivity contribution in [3.8, 4) is 5.75 Å². The number of methoxy groups -OCH3 is 1. The van der Waals surface area contributed by atoms with Gasteiger partial charge in [0.1, 0.15) is 5.75 Å². The molecule has 0 N–H and O–H groups in total. The van der Waals surface area contributed by atoms with Crippen molar-refractivity contribution < 1.29 is 14.3 Å². The maximum Gasteiger partial charge on any atom is 0.309 e. The maximum atomic E-state index is 11.0. The highest BCUT2D eigenvalue weighted by atomic mass is 16.5. The number of hydrogen-bond acceptors (Lipinski definition) is 3. The van der Waals surface area contributed by atoms with Crippen LogP contribution in [-0.2, 0) is 16.0 Å². The molecule has 1 aromatic carbocycles. The zero-order chi connectivity index (χ0) is 12.0. The van der Waals surface area contributed by atoms with Crippen LogP contribution in [0.4, 0.5) is 0 Å². The molecule has 0 fully saturated rings. The van der Waals surface area contributed by atoms with E-state index >= 15 is 0 Å². The fraction of sp³-hybridized carbons (Fsp3) is 0.462. The number of hydrogen-bond donors (Lipinski definition) is 0. The summed E-state index contributed by atoms with van der Waals surface area (Å²) in [6.45, 7) is 4.91. The average Bonchev–Trinajstić information content (AvgIpc) is 2.28. The van der Waals surface area contributed by atoms with E-state index in [1.807, 2.05) is 24.3 Å². The molecule has 1 aromatic rings. The Hall–Kier alpha value is -1.51. The molecule has 0 aliphatic heterocycles. The third-order valence-corrected chi connectivity index (χ3v) is 2.08. The Bertz CT molecular complexity index is 328. The van der Waals surface area contributed by atoms with Crippen molar-refractivity contribution in [1.82, 2.24) is 0 Å². The first-order chi connectivity index (χ1) is 7.61. The van der Waals surface area contributed by atoms with Crippen LogP contribution in [-0.4, -0.2) is 19.7 Å². The second kappa shape index (κ2) is 6.16. The molecule has 0 aromatic heterocycles. The number of carbonyl (C=O) groups excluding carboxylic acids is 1. The van der Waals surface area contributed by atoms with Crippen LogP contribution in [0.25, 0.3) is 0 Å². The van der Waals surface area contributed by atoms with Gasteiger partial charge in [-0.1, -0.05) is 26.0 Å². The minimum Gasteiger partial charge on any atom is -0.493 e. The van der Waals surface area contributed by atoms with Crippen molar-refractivity contribution in [3.05, 3.63) is 29.8 Å². The maximum absolute atomic E-state index is 11.0. The van der Waals surface area contributed by atoms with E-state index in [0.29, 0.717) is 18.9 Å². The van der Waals surface area contributed by atoms with Crippen molar-refractivity contribution in [2.45, 2.75) is 20.3 Å². The number of ether oxygens (including phenoxy) is 2. The molecule has 3 nitrogen and oxygen atoms in total. The molecular formula is C13H18O3. The van der Waals surface area contributed by atoms with Gasteiger partial charge >= 0.3 is 5.97 Å². The van der Waals surface area contributed by atoms with Gasteiger partial charge in [0.25, 0.3) is 0 Å². The molecule has 0 radical (unpaired) electrons. The van der Waals surface area contributed by atoms with Crippen LogP contribution >= 0.6 is 0 Å². The van der Waals surface area contributed by atoms with Gasteiger partial charge in [0.05, 0.1) is 20.1 Å². The Morgan fingerprint density at radius 1 is 1.25 bits per heavy atom. The predicted octanol–water partition coefficient (Wildman–Crippen LogP) is 2.44. The van der Waals surface area contributed by atoms with Crippen LogP contribution in [0, 0.1) is 5.92 Å². The Morgan fingerprint density at radius 3 is 2.38 bits per heavy atom. The van der Waals surface area contributed by atoms with Gasteiger partial charge < -0.3 is 9.47 Å². The molecule has 1 rings (SSSR count). The van der Waals surface area contributed by atoms with Crippen molar-refractivity contribution in [2.75, 3.05) is 13.7 Å². The molecule has 3 heteroatoms. The second-order valence-electron chi connectivity index (χ2n) is 4.10. The van der Waals surface area contributed by atoms with Gasteiger partial charge in [-0.15, -0.1) is 0 Å². The normalized spacial score (nSPS) is 10.2. The lowest BCUT2D eigenvalue weighted by atomic mass is 10.1. The van der Waals surface area contributed by atoms with E-state index < -0.39 is 0 Å². The summed E-state index contributed by atoms with van der Waals surface area (Å²) < 4.78 is 10.1. The van der Waals surface area contributed by atoms with Crippen molar-refractivity contribution >= 4 is 5.97 Å². The van der Waals surface area contributed by atoms with Gasteiger partial charge in [-0.05, 0) is 23.6 Å². The second-order valence-corrected chi connectivity index (χ2v) is 4.10. The Labute approximate surface area is 96.4 Å². The van der Waals surface area contributed by atoms with E-state index in [1.165, 1.54) is 7.11 Å². The minimum atomic E-state index is -0.226. The summed E-state index contributed by atoms with van der Waals surface area (Å²) in [5.74, 6) is 1.12. The lowest BCUT2D eigenvalue weighted by molar-refractivity contribution is -0.139. The van der Waals surface area contributed by atoms with E-state index in [0.717, 1.165) is 11.3 Å². The topological polar surface area (TPSA) is 35.5 Å². The molecular weight excluding hydrogens is 204 g/mol. The first-order valence-electron chi connectivity index (χ1n) is 5.40. The van der Waals surface area contributed by atoms with Crippen LogP contribution in [0.2, 0.25) is 0 Å². The number of carbonyl (C=O) groups is 1. The van der Waals surface area contributed by atoms with Gasteiger partial charge in [-0.3, -0.25) is 4.79 Å². The van der Waals surface area contributed by atoms with E-state index in [1.54, 1.807) is 0 Å². The van der Waals surface area contributed by atoms with Crippen LogP contribution in [0.5, 0.6) is 5.75 Å². The lowest BCUT2D eigenvalue weighted by Crippen LogP contribution is -2.06. The largest absolute Gasteiger partial charge is 0.493 e. The summed E-state index contributed by atoms with van der Waals surface area (Å²) in [5, 5.41) is 0. The van der Waals surface area contributed by atoms with Gasteiger partial charge in [0.2, 0.25) is 0 Å². The number of esters is 1. The molecule has 0 aliphatic carbocycles. The fourth-order valence-electron chi connectivity index (χ4n) is 1.21. The van der Waals surface area contributed by atoms with Gasteiger partial charge in [0.15, 0.2) is 0 Å². The monoisotopic (exact) mass is 222 g/mol. The van der Waals surface area contributed by atoms with Gasteiger partial charge in [-0.2, -0.15) is 0 Å². The predicted molar refractivity (Wildman–Crippen MR) is 62.5 cm³/mol. The van der Waals surface area contributed by atoms with Gasteiger partial charge in [0, 0.05) is 0 Å². The molecule has 0 amide bonds. The molecule has 0 spiro atoms. The molecule has 0 aliphatic rings. The molecule has 0 atom stereocenters. The zero-order valence-electron chi connectivity index (χ0n) is 10.0. The fourth-order valence-corrected chi connectivity index (χ4v) is 1.21. The smallest absolute Gasteiger partial charge is 0.309 e. The standard InChI is InChI=1S/C13H18O3/c1-10(2)9-16-12-6-4-11(5-7-12)8-13(14)15-3/h4-7,10H,8-9H2,1-3H3. The summed E-state index contributed by atoms with van der Waals surface area (Å²) in [5.41, 5.74) is 0.934. The van der Waals surface area contributed by atoms with E-state index in [4.69, 9.17) is 4.74 Å². The summed E-state index contributed by atoms with van der Waals surface area (Å²) >= 11 is 0. The quantitative estimate of drug-likeness (QED) is 0.718. The molecule has 0 saturated heterocycles. The van der Waals surface area contributed by atoms with Crippen LogP contribution in [0.1, 0.15) is 19.4 Å². The van der Waals surface area contributed by atoms with E-state index in [-0.39, 0.29) is 5.97 Å². The number of rotatable bonds is 5. The van der Waals surface area contributed by atoms with Crippen LogP contribution in [0.3, 0.4) is 0 Å². The first kappa shape index (κ1) is 12.6. The Balaban J connectivity index is 2.51. The molecule has 0 saturated carbocycles. The van der Waals surface area contributed by atoms with Gasteiger partial charge in [-0.25, -0.2) is 0 Å². The molecule has 88 valence electrons. The summed E-state index contributed by atoms with van der Waals surface area (Å²) in [6.07, 6.45) is 0.307. The third kappa shape index (κ3) is 4.34. The minimum absolute atomic E-state index is 0.226. The summed E-state index contributed by atoms with van der Waals surface area (Å²) in [6, 6.07) is 7.51. The Morgan fingerprint density at radius 2 is 1.88 bits per heavy atom. The zero-order valence-corrected chi connectivity index (χ0v) is 10.0. The summed E-state index contributed by atoms with van der Waals surface area (Å²) in [4.78, 5) is 11.0. The van der Waals surface area contributed by atoms with Crippen molar-refractivity contribution in [2.24, 2.45) is 5.92 Å². The highest BCUT2D eigenvalue weighted by Crippen LogP contribution is 2.13. The van der Waals surface area contributed by atoms with Crippen molar-refractivity contribution in [1.29, 1.82) is 0 Å². The highest BCUT2D eigenvalue weighted by Gasteiger charge is 2.03. The van der Waals surface area contributed by atoms with Crippen molar-refractivity contribution in [3.63, 3.8) is 0 Å². The van der Waals surface area contributed by atoms with Crippen LogP contribution < -0.4 is 4.74 Å². The average molecular weight is 222 g/mol. The first-order valence-corrected chi connectivity index (χ1v) is 5.40. The highest BCUT2D eigenvalue weighted by molar-refractivity contribution is 5.72. The Kier molecular flexibility index (Phi) is 4.83. The number of benzene rings is 1. The van der Waals surface area contributed by atoms with E-state index in [2.05, 4.69) is 18.6 Å². The SMILES string of the molecule is COC(=O)Cc1ccc(OCC(C)C)cc1. The molecule has 0 heterocycles. The summed E-state index contributed by atoms with van der Waals surface area (Å²) in [7, 11) is 1.39.